The number of aromatic nitrogens is 3. The molecule has 2 aromatic heterocycles. The van der Waals surface area contributed by atoms with E-state index in [1.165, 1.54) is 4.31 Å². The summed E-state index contributed by atoms with van der Waals surface area (Å²) in [6.45, 7) is 9.00. The highest BCUT2D eigenvalue weighted by Gasteiger charge is 2.36. The van der Waals surface area contributed by atoms with Crippen LogP contribution in [0.1, 0.15) is 42.1 Å². The highest BCUT2D eigenvalue weighted by molar-refractivity contribution is 7.89. The van der Waals surface area contributed by atoms with Crippen LogP contribution in [0.15, 0.2) is 15.5 Å². The highest BCUT2D eigenvalue weighted by Crippen LogP contribution is 2.27. The van der Waals surface area contributed by atoms with Gasteiger partial charge in [0.2, 0.25) is 15.9 Å². The van der Waals surface area contributed by atoms with Gasteiger partial charge in [-0.25, -0.2) is 8.42 Å². The van der Waals surface area contributed by atoms with Gasteiger partial charge in [0, 0.05) is 31.9 Å². The standard InChI is InChI=1S/C19H29N5O4S/c1-13-11-14(2)24(21-13)10-6-8-20-19(25)17-7-5-9-23(12-17)29(26,27)18-15(3)22-28-16(18)4/h11,17H,5-10,12H2,1-4H3,(H,20,25). The number of carbonyl (C=O) groups excluding carboxylic acids is 1. The van der Waals surface area contributed by atoms with Gasteiger partial charge in [-0.3, -0.25) is 9.48 Å². The lowest BCUT2D eigenvalue weighted by atomic mass is 9.99. The molecule has 10 heteroatoms. The number of aryl methyl sites for hydroxylation is 5. The first-order valence-electron chi connectivity index (χ1n) is 9.92. The molecular weight excluding hydrogens is 394 g/mol. The van der Waals surface area contributed by atoms with Crippen LogP contribution in [-0.2, 0) is 21.4 Å². The molecule has 0 aromatic carbocycles. The van der Waals surface area contributed by atoms with E-state index < -0.39 is 10.0 Å². The first-order valence-corrected chi connectivity index (χ1v) is 11.4. The van der Waals surface area contributed by atoms with Gasteiger partial charge >= 0.3 is 0 Å². The first kappa shape index (κ1) is 21.5. The van der Waals surface area contributed by atoms with Crippen molar-refractivity contribution in [3.05, 3.63) is 28.9 Å². The zero-order chi connectivity index (χ0) is 21.2. The minimum Gasteiger partial charge on any atom is -0.360 e. The predicted octanol–water partition coefficient (Wildman–Crippen LogP) is 1.71. The number of amides is 1. The monoisotopic (exact) mass is 423 g/mol. The molecule has 160 valence electrons. The molecule has 2 aromatic rings. The molecule has 3 heterocycles. The summed E-state index contributed by atoms with van der Waals surface area (Å²) in [4.78, 5) is 12.7. The van der Waals surface area contributed by atoms with Crippen LogP contribution < -0.4 is 5.32 Å². The van der Waals surface area contributed by atoms with Gasteiger partial charge in [-0.2, -0.15) is 9.40 Å². The lowest BCUT2D eigenvalue weighted by Gasteiger charge is -2.31. The third-order valence-electron chi connectivity index (χ3n) is 5.27. The average Bonchev–Trinajstić information content (AvgIpc) is 3.19. The molecule has 0 spiro atoms. The molecule has 1 N–H and O–H groups in total. The normalized spacial score (nSPS) is 18.1. The van der Waals surface area contributed by atoms with E-state index >= 15 is 0 Å². The van der Waals surface area contributed by atoms with Crippen LogP contribution in [0, 0.1) is 33.6 Å². The Morgan fingerprint density at radius 3 is 2.69 bits per heavy atom. The molecule has 1 amide bonds. The van der Waals surface area contributed by atoms with Gasteiger partial charge in [0.15, 0.2) is 5.76 Å². The summed E-state index contributed by atoms with van der Waals surface area (Å²) in [5, 5.41) is 11.1. The quantitative estimate of drug-likeness (QED) is 0.679. The molecule has 9 nitrogen and oxygen atoms in total. The van der Waals surface area contributed by atoms with E-state index in [0.717, 1.165) is 24.4 Å². The smallest absolute Gasteiger partial charge is 0.248 e. The number of carbonyl (C=O) groups is 1. The summed E-state index contributed by atoms with van der Waals surface area (Å²) in [7, 11) is -3.72. The third-order valence-corrected chi connectivity index (χ3v) is 7.38. The number of nitrogens with one attached hydrogen (secondary N) is 1. The lowest BCUT2D eigenvalue weighted by molar-refractivity contribution is -0.126. The number of sulfonamides is 1. The molecular formula is C19H29N5O4S. The Balaban J connectivity index is 1.55. The van der Waals surface area contributed by atoms with Crippen molar-refractivity contribution in [1.29, 1.82) is 0 Å². The van der Waals surface area contributed by atoms with Crippen LogP contribution in [0.4, 0.5) is 0 Å². The summed E-state index contributed by atoms with van der Waals surface area (Å²) in [6.07, 6.45) is 2.09. The maximum absolute atomic E-state index is 13.0. The summed E-state index contributed by atoms with van der Waals surface area (Å²) in [6, 6.07) is 2.02. The fraction of sp³-hybridized carbons (Fsp3) is 0.632. The Bertz CT molecular complexity index is 959. The van der Waals surface area contributed by atoms with Crippen molar-refractivity contribution in [2.75, 3.05) is 19.6 Å². The number of hydrogen-bond donors (Lipinski definition) is 1. The van der Waals surface area contributed by atoms with Crippen molar-refractivity contribution in [3.8, 4) is 0 Å². The summed E-state index contributed by atoms with van der Waals surface area (Å²) in [5.41, 5.74) is 2.42. The van der Waals surface area contributed by atoms with Gasteiger partial charge in [0.05, 0.1) is 11.6 Å². The van der Waals surface area contributed by atoms with Crippen molar-refractivity contribution in [1.82, 2.24) is 24.6 Å². The van der Waals surface area contributed by atoms with E-state index in [4.69, 9.17) is 4.52 Å². The molecule has 1 aliphatic heterocycles. The Labute approximate surface area is 171 Å². The molecule has 0 aliphatic carbocycles. The van der Waals surface area contributed by atoms with Gasteiger partial charge in [-0.15, -0.1) is 0 Å². The Morgan fingerprint density at radius 1 is 1.31 bits per heavy atom. The van der Waals surface area contributed by atoms with Gasteiger partial charge in [0.25, 0.3) is 0 Å². The zero-order valence-corrected chi connectivity index (χ0v) is 18.3. The van der Waals surface area contributed by atoms with Gasteiger partial charge in [-0.1, -0.05) is 5.16 Å². The van der Waals surface area contributed by atoms with Crippen LogP contribution in [0.25, 0.3) is 0 Å². The first-order chi connectivity index (χ1) is 13.7. The van der Waals surface area contributed by atoms with Gasteiger partial charge < -0.3 is 9.84 Å². The van der Waals surface area contributed by atoms with Crippen molar-refractivity contribution in [2.24, 2.45) is 5.92 Å². The van der Waals surface area contributed by atoms with E-state index in [1.807, 2.05) is 24.6 Å². The minimum absolute atomic E-state index is 0.1000. The molecule has 3 rings (SSSR count). The third kappa shape index (κ3) is 4.69. The van der Waals surface area contributed by atoms with Crippen molar-refractivity contribution < 1.29 is 17.7 Å². The molecule has 1 unspecified atom stereocenters. The van der Waals surface area contributed by atoms with E-state index in [2.05, 4.69) is 15.6 Å². The molecule has 1 aliphatic rings. The molecule has 1 saturated heterocycles. The molecule has 1 atom stereocenters. The maximum atomic E-state index is 13.0. The number of hydrogen-bond acceptors (Lipinski definition) is 6. The molecule has 0 bridgehead atoms. The molecule has 1 fully saturated rings. The van der Waals surface area contributed by atoms with Crippen molar-refractivity contribution in [2.45, 2.75) is 58.4 Å². The van der Waals surface area contributed by atoms with E-state index in [-0.39, 0.29) is 29.0 Å². The van der Waals surface area contributed by atoms with Crippen molar-refractivity contribution >= 4 is 15.9 Å². The van der Waals surface area contributed by atoms with Gasteiger partial charge in [0.1, 0.15) is 10.6 Å². The molecule has 0 radical (unpaired) electrons. The minimum atomic E-state index is -3.72. The van der Waals surface area contributed by atoms with Crippen LogP contribution in [0.3, 0.4) is 0 Å². The number of nitrogens with zero attached hydrogens (tertiary/aromatic N) is 4. The largest absolute Gasteiger partial charge is 0.360 e. The van der Waals surface area contributed by atoms with Crippen LogP contribution in [-0.4, -0.2) is 53.2 Å². The van der Waals surface area contributed by atoms with Crippen LogP contribution >= 0.6 is 0 Å². The van der Waals surface area contributed by atoms with Gasteiger partial charge in [-0.05, 0) is 53.0 Å². The summed E-state index contributed by atoms with van der Waals surface area (Å²) >= 11 is 0. The van der Waals surface area contributed by atoms with E-state index in [1.54, 1.807) is 13.8 Å². The van der Waals surface area contributed by atoms with E-state index in [9.17, 15) is 13.2 Å². The SMILES string of the molecule is Cc1cc(C)n(CCCNC(=O)C2CCCN(S(=O)(=O)c3c(C)noc3C)C2)n1. The van der Waals surface area contributed by atoms with Crippen LogP contribution in [0.2, 0.25) is 0 Å². The molecule has 29 heavy (non-hydrogen) atoms. The average molecular weight is 424 g/mol. The Morgan fingerprint density at radius 2 is 2.07 bits per heavy atom. The number of piperidine rings is 1. The summed E-state index contributed by atoms with van der Waals surface area (Å²) in [5.74, 6) is -0.178. The predicted molar refractivity (Wildman–Crippen MR) is 107 cm³/mol. The zero-order valence-electron chi connectivity index (χ0n) is 17.4. The Kier molecular flexibility index (Phi) is 6.42. The molecule has 0 saturated carbocycles. The van der Waals surface area contributed by atoms with Crippen LogP contribution in [0.5, 0.6) is 0 Å². The lowest BCUT2D eigenvalue weighted by Crippen LogP contribution is -2.45. The number of rotatable bonds is 7. The Hall–Kier alpha value is -2.20. The second-order valence-electron chi connectivity index (χ2n) is 7.65. The topological polar surface area (TPSA) is 110 Å². The highest BCUT2D eigenvalue weighted by atomic mass is 32.2. The fourth-order valence-corrected chi connectivity index (χ4v) is 5.65. The second kappa shape index (κ2) is 8.66. The fourth-order valence-electron chi connectivity index (χ4n) is 3.83. The second-order valence-corrected chi connectivity index (χ2v) is 9.53. The van der Waals surface area contributed by atoms with Crippen molar-refractivity contribution in [3.63, 3.8) is 0 Å². The maximum Gasteiger partial charge on any atom is 0.248 e. The summed E-state index contributed by atoms with van der Waals surface area (Å²) < 4.78 is 34.3. The van der Waals surface area contributed by atoms with E-state index in [0.29, 0.717) is 31.6 Å².